The van der Waals surface area contributed by atoms with Crippen LogP contribution >= 0.6 is 0 Å². The molecular weight excluding hydrogens is 238 g/mol. The summed E-state index contributed by atoms with van der Waals surface area (Å²) in [6, 6.07) is -0.706. The molecule has 1 N–H and O–H groups in total. The highest BCUT2D eigenvalue weighted by atomic mass is 16.5. The molecule has 0 radical (unpaired) electrons. The molecular formula is C12H17NO5. The molecule has 100 valence electrons. The molecule has 2 saturated heterocycles. The first-order valence-corrected chi connectivity index (χ1v) is 5.98. The molecule has 0 aromatic rings. The number of aliphatic carboxylic acids is 1. The topological polar surface area (TPSA) is 83.9 Å². The zero-order valence-electron chi connectivity index (χ0n) is 10.7. The molecule has 0 aromatic carbocycles. The van der Waals surface area contributed by atoms with Crippen LogP contribution < -0.4 is 0 Å². The maximum absolute atomic E-state index is 12.1. The van der Waals surface area contributed by atoms with Gasteiger partial charge in [0, 0.05) is 11.8 Å². The predicted octanol–water partition coefficient (Wildman–Crippen LogP) is 0.117. The molecule has 2 amide bonds. The summed E-state index contributed by atoms with van der Waals surface area (Å²) in [5.41, 5.74) is -1.21. The van der Waals surface area contributed by atoms with Crippen LogP contribution in [0.4, 0.5) is 0 Å². The Bertz CT molecular complexity index is 401. The Balaban J connectivity index is 2.35. The summed E-state index contributed by atoms with van der Waals surface area (Å²) in [5.74, 6) is -2.42. The van der Waals surface area contributed by atoms with Crippen molar-refractivity contribution in [2.24, 2.45) is 17.3 Å². The van der Waals surface area contributed by atoms with Crippen molar-refractivity contribution in [3.8, 4) is 0 Å². The van der Waals surface area contributed by atoms with Crippen molar-refractivity contribution in [2.45, 2.75) is 26.8 Å². The van der Waals surface area contributed by atoms with E-state index >= 15 is 0 Å². The molecule has 0 spiro atoms. The van der Waals surface area contributed by atoms with Crippen LogP contribution in [-0.2, 0) is 19.1 Å². The van der Waals surface area contributed by atoms with Gasteiger partial charge in [0.25, 0.3) is 0 Å². The van der Waals surface area contributed by atoms with Gasteiger partial charge in [0.15, 0.2) is 0 Å². The molecule has 4 unspecified atom stereocenters. The SMILES string of the molecule is CC1C(=O)N(C2COCC2(C)C(=O)O)C(=O)C1C. The normalized spacial score (nSPS) is 40.6. The number of imide groups is 1. The van der Waals surface area contributed by atoms with Crippen LogP contribution in [0.1, 0.15) is 20.8 Å². The third kappa shape index (κ3) is 1.55. The summed E-state index contributed by atoms with van der Waals surface area (Å²) >= 11 is 0. The molecule has 2 aliphatic rings. The van der Waals surface area contributed by atoms with Crippen molar-refractivity contribution in [3.63, 3.8) is 0 Å². The van der Waals surface area contributed by atoms with Crippen LogP contribution in [0.15, 0.2) is 0 Å². The monoisotopic (exact) mass is 255 g/mol. The number of hydrogen-bond donors (Lipinski definition) is 1. The molecule has 6 heteroatoms. The van der Waals surface area contributed by atoms with Gasteiger partial charge in [-0.05, 0) is 6.92 Å². The molecule has 0 aromatic heterocycles. The molecule has 18 heavy (non-hydrogen) atoms. The maximum atomic E-state index is 12.1. The second-order valence-corrected chi connectivity index (χ2v) is 5.38. The number of rotatable bonds is 2. The van der Waals surface area contributed by atoms with Crippen molar-refractivity contribution in [1.29, 1.82) is 0 Å². The lowest BCUT2D eigenvalue weighted by molar-refractivity contribution is -0.154. The van der Waals surface area contributed by atoms with E-state index in [1.165, 1.54) is 6.92 Å². The molecule has 2 aliphatic heterocycles. The third-order valence-electron chi connectivity index (χ3n) is 4.22. The van der Waals surface area contributed by atoms with Gasteiger partial charge >= 0.3 is 5.97 Å². The number of carboxylic acid groups (broad SMARTS) is 1. The molecule has 2 heterocycles. The van der Waals surface area contributed by atoms with E-state index in [1.54, 1.807) is 13.8 Å². The highest BCUT2D eigenvalue weighted by Gasteiger charge is 2.56. The number of ether oxygens (including phenoxy) is 1. The van der Waals surface area contributed by atoms with E-state index in [0.29, 0.717) is 0 Å². The minimum Gasteiger partial charge on any atom is -0.481 e. The Kier molecular flexibility index (Phi) is 2.93. The molecule has 2 fully saturated rings. The second-order valence-electron chi connectivity index (χ2n) is 5.38. The van der Waals surface area contributed by atoms with Gasteiger partial charge in [-0.3, -0.25) is 19.3 Å². The van der Waals surface area contributed by atoms with Crippen LogP contribution in [0.3, 0.4) is 0 Å². The minimum absolute atomic E-state index is 0.0207. The summed E-state index contributed by atoms with van der Waals surface area (Å²) in [6.07, 6.45) is 0. The first-order valence-electron chi connectivity index (χ1n) is 5.98. The van der Waals surface area contributed by atoms with Crippen LogP contribution in [0.5, 0.6) is 0 Å². The fourth-order valence-electron chi connectivity index (χ4n) is 2.51. The molecule has 0 saturated carbocycles. The van der Waals surface area contributed by atoms with E-state index in [1.807, 2.05) is 0 Å². The number of hydrogen-bond acceptors (Lipinski definition) is 4. The van der Waals surface area contributed by atoms with Crippen molar-refractivity contribution in [3.05, 3.63) is 0 Å². The highest BCUT2D eigenvalue weighted by molar-refractivity contribution is 6.05. The number of carboxylic acids is 1. The Morgan fingerprint density at radius 3 is 2.28 bits per heavy atom. The summed E-state index contributed by atoms with van der Waals surface area (Å²) in [7, 11) is 0. The molecule has 4 atom stereocenters. The van der Waals surface area contributed by atoms with Gasteiger partial charge in [-0.15, -0.1) is 0 Å². The van der Waals surface area contributed by atoms with Crippen LogP contribution in [0.2, 0.25) is 0 Å². The summed E-state index contributed by atoms with van der Waals surface area (Å²) in [6.45, 7) is 5.02. The van der Waals surface area contributed by atoms with E-state index in [-0.39, 0.29) is 25.0 Å². The van der Waals surface area contributed by atoms with Crippen LogP contribution in [0, 0.1) is 17.3 Å². The van der Waals surface area contributed by atoms with E-state index in [9.17, 15) is 19.5 Å². The van der Waals surface area contributed by atoms with Gasteiger partial charge in [0.05, 0.1) is 19.3 Å². The summed E-state index contributed by atoms with van der Waals surface area (Å²) < 4.78 is 5.19. The zero-order valence-corrected chi connectivity index (χ0v) is 10.7. The number of likely N-dealkylation sites (tertiary alicyclic amines) is 1. The maximum Gasteiger partial charge on any atom is 0.313 e. The second kappa shape index (κ2) is 4.05. The fraction of sp³-hybridized carbons (Fsp3) is 0.750. The largest absolute Gasteiger partial charge is 0.481 e. The van der Waals surface area contributed by atoms with E-state index < -0.39 is 29.3 Å². The summed E-state index contributed by atoms with van der Waals surface area (Å²) in [5, 5.41) is 9.28. The minimum atomic E-state index is -1.21. The lowest BCUT2D eigenvalue weighted by atomic mass is 9.84. The van der Waals surface area contributed by atoms with E-state index in [0.717, 1.165) is 4.90 Å². The number of nitrogens with zero attached hydrogens (tertiary/aromatic N) is 1. The van der Waals surface area contributed by atoms with Gasteiger partial charge < -0.3 is 9.84 Å². The Hall–Kier alpha value is -1.43. The van der Waals surface area contributed by atoms with Crippen LogP contribution in [-0.4, -0.2) is 47.0 Å². The van der Waals surface area contributed by atoms with Gasteiger partial charge in [-0.1, -0.05) is 13.8 Å². The lowest BCUT2D eigenvalue weighted by Gasteiger charge is -2.31. The fourth-order valence-corrected chi connectivity index (χ4v) is 2.51. The smallest absolute Gasteiger partial charge is 0.313 e. The van der Waals surface area contributed by atoms with Gasteiger partial charge in [0.2, 0.25) is 11.8 Å². The molecule has 6 nitrogen and oxygen atoms in total. The average Bonchev–Trinajstić information content (AvgIpc) is 2.77. The van der Waals surface area contributed by atoms with Crippen molar-refractivity contribution in [2.75, 3.05) is 13.2 Å². The average molecular weight is 255 g/mol. The predicted molar refractivity (Wildman–Crippen MR) is 60.5 cm³/mol. The lowest BCUT2D eigenvalue weighted by Crippen LogP contribution is -2.52. The van der Waals surface area contributed by atoms with Gasteiger partial charge in [-0.2, -0.15) is 0 Å². The Morgan fingerprint density at radius 1 is 1.33 bits per heavy atom. The first-order chi connectivity index (χ1) is 8.30. The number of carbonyl (C=O) groups excluding carboxylic acids is 2. The third-order valence-corrected chi connectivity index (χ3v) is 4.22. The quantitative estimate of drug-likeness (QED) is 0.708. The van der Waals surface area contributed by atoms with Gasteiger partial charge in [-0.25, -0.2) is 0 Å². The van der Waals surface area contributed by atoms with Gasteiger partial charge in [0.1, 0.15) is 5.41 Å². The highest BCUT2D eigenvalue weighted by Crippen LogP contribution is 2.38. The van der Waals surface area contributed by atoms with Crippen molar-refractivity contribution in [1.82, 2.24) is 4.90 Å². The standard InChI is InChI=1S/C12H17NO5/c1-6-7(2)10(15)13(9(6)14)8-4-18-5-12(8,3)11(16)17/h6-8H,4-5H2,1-3H3,(H,16,17). The van der Waals surface area contributed by atoms with Crippen molar-refractivity contribution < 1.29 is 24.2 Å². The van der Waals surface area contributed by atoms with E-state index in [4.69, 9.17) is 4.74 Å². The zero-order chi connectivity index (χ0) is 13.7. The molecule has 2 rings (SSSR count). The summed E-state index contributed by atoms with van der Waals surface area (Å²) in [4.78, 5) is 36.6. The number of amides is 2. The Morgan fingerprint density at radius 2 is 1.83 bits per heavy atom. The Labute approximate surface area is 105 Å². The first kappa shape index (κ1) is 13.0. The van der Waals surface area contributed by atoms with E-state index in [2.05, 4.69) is 0 Å². The van der Waals surface area contributed by atoms with Crippen molar-refractivity contribution >= 4 is 17.8 Å². The molecule has 0 aliphatic carbocycles. The van der Waals surface area contributed by atoms with Crippen LogP contribution in [0.25, 0.3) is 0 Å². The molecule has 0 bridgehead atoms. The number of carbonyl (C=O) groups is 3.